The van der Waals surface area contributed by atoms with Crippen molar-refractivity contribution in [2.45, 2.75) is 52.7 Å². The van der Waals surface area contributed by atoms with Crippen LogP contribution in [-0.2, 0) is 24.3 Å². The van der Waals surface area contributed by atoms with Crippen molar-refractivity contribution in [3.8, 4) is 6.07 Å². The largest absolute Gasteiger partial charge is 0.351 e. The number of halogens is 2. The first kappa shape index (κ1) is 32.0. The topological polar surface area (TPSA) is 86.0 Å². The molecule has 7 nitrogen and oxygen atoms in total. The average Bonchev–Trinajstić information content (AvgIpc) is 3.42. The van der Waals surface area contributed by atoms with E-state index in [0.717, 1.165) is 28.1 Å². The third-order valence-corrected chi connectivity index (χ3v) is 8.40. The number of nitrogens with zero attached hydrogens (tertiary/aromatic N) is 4. The van der Waals surface area contributed by atoms with Crippen molar-refractivity contribution in [1.29, 1.82) is 5.26 Å². The molecule has 1 atom stereocenters. The highest BCUT2D eigenvalue weighted by atomic mass is 35.5. The first-order valence-corrected chi connectivity index (χ1v) is 15.2. The fraction of sp³-hybridized carbons (Fsp3) is 0.273. The Hall–Kier alpha value is -3.90. The van der Waals surface area contributed by atoms with Gasteiger partial charge >= 0.3 is 0 Å². The summed E-state index contributed by atoms with van der Waals surface area (Å²) in [6, 6.07) is 21.0. The van der Waals surface area contributed by atoms with E-state index >= 15 is 0 Å². The van der Waals surface area contributed by atoms with Gasteiger partial charge in [-0.05, 0) is 73.4 Å². The van der Waals surface area contributed by atoms with Crippen molar-refractivity contribution < 1.29 is 4.79 Å². The molecule has 0 unspecified atom stereocenters. The summed E-state index contributed by atoms with van der Waals surface area (Å²) in [4.78, 5) is 19.5. The maximum atomic E-state index is 13.3. The van der Waals surface area contributed by atoms with E-state index in [9.17, 15) is 4.79 Å². The van der Waals surface area contributed by atoms with Crippen LogP contribution in [0.5, 0.6) is 0 Å². The lowest BCUT2D eigenvalue weighted by molar-refractivity contribution is -0.121. The van der Waals surface area contributed by atoms with Gasteiger partial charge in [0.15, 0.2) is 5.11 Å². The lowest BCUT2D eigenvalue weighted by atomic mass is 10.1. The molecule has 222 valence electrons. The van der Waals surface area contributed by atoms with Crippen LogP contribution < -0.4 is 10.6 Å². The predicted octanol–water partition coefficient (Wildman–Crippen LogP) is 7.06. The van der Waals surface area contributed by atoms with Crippen LogP contribution in [0, 0.1) is 25.2 Å². The van der Waals surface area contributed by atoms with Gasteiger partial charge in [-0.15, -0.1) is 0 Å². The number of carbonyl (C=O) groups is 1. The van der Waals surface area contributed by atoms with E-state index in [1.165, 1.54) is 5.56 Å². The number of amides is 1. The molecule has 4 aromatic rings. The summed E-state index contributed by atoms with van der Waals surface area (Å²) in [6.07, 6.45) is 4.30. The maximum Gasteiger partial charge on any atom is 0.226 e. The van der Waals surface area contributed by atoms with E-state index in [-0.39, 0.29) is 18.4 Å². The molecule has 0 aliphatic heterocycles. The molecule has 0 saturated heterocycles. The summed E-state index contributed by atoms with van der Waals surface area (Å²) in [7, 11) is 0. The van der Waals surface area contributed by atoms with Gasteiger partial charge < -0.3 is 20.1 Å². The number of anilines is 1. The van der Waals surface area contributed by atoms with Crippen molar-refractivity contribution in [3.63, 3.8) is 0 Å². The quantitative estimate of drug-likeness (QED) is 0.172. The summed E-state index contributed by atoms with van der Waals surface area (Å²) in [5, 5.41) is 17.1. The van der Waals surface area contributed by atoms with Crippen molar-refractivity contribution in [2.24, 2.45) is 0 Å². The van der Waals surface area contributed by atoms with Crippen molar-refractivity contribution in [2.75, 3.05) is 11.9 Å². The minimum Gasteiger partial charge on any atom is -0.351 e. The number of nitrogens with one attached hydrogen (secondary N) is 2. The van der Waals surface area contributed by atoms with Gasteiger partial charge in [-0.1, -0.05) is 72.1 Å². The van der Waals surface area contributed by atoms with E-state index in [2.05, 4.69) is 34.7 Å². The van der Waals surface area contributed by atoms with E-state index in [4.69, 9.17) is 40.7 Å². The Balaban J connectivity index is 1.46. The molecule has 0 spiro atoms. The third kappa shape index (κ3) is 8.80. The van der Waals surface area contributed by atoms with Gasteiger partial charge in [0.25, 0.3) is 0 Å². The van der Waals surface area contributed by atoms with Gasteiger partial charge in [0.1, 0.15) is 0 Å². The molecular weight excluding hydrogens is 599 g/mol. The molecule has 2 N–H and O–H groups in total. The summed E-state index contributed by atoms with van der Waals surface area (Å²) >= 11 is 18.8. The number of thiocarbonyl (C=S) groups is 1. The number of aromatic nitrogens is 2. The second-order valence-electron chi connectivity index (χ2n) is 10.5. The molecule has 10 heteroatoms. The normalized spacial score (nSPS) is 11.4. The average molecular weight is 634 g/mol. The first-order chi connectivity index (χ1) is 20.7. The van der Waals surface area contributed by atoms with Crippen LogP contribution >= 0.6 is 35.4 Å². The minimum atomic E-state index is -0.181. The highest BCUT2D eigenvalue weighted by Gasteiger charge is 2.21. The van der Waals surface area contributed by atoms with E-state index in [0.29, 0.717) is 46.8 Å². The number of nitriles is 1. The fourth-order valence-corrected chi connectivity index (χ4v) is 5.38. The van der Waals surface area contributed by atoms with E-state index in [1.54, 1.807) is 30.7 Å². The van der Waals surface area contributed by atoms with Gasteiger partial charge in [0, 0.05) is 43.3 Å². The van der Waals surface area contributed by atoms with Crippen LogP contribution in [-0.4, -0.2) is 38.1 Å². The van der Waals surface area contributed by atoms with Gasteiger partial charge in [0.05, 0.1) is 34.4 Å². The number of aryl methyl sites for hydroxylation is 2. The zero-order valence-electron chi connectivity index (χ0n) is 24.4. The number of hydrogen-bond donors (Lipinski definition) is 2. The Kier molecular flexibility index (Phi) is 11.2. The molecule has 0 aliphatic rings. The first-order valence-electron chi connectivity index (χ1n) is 14.0. The summed E-state index contributed by atoms with van der Waals surface area (Å²) in [6.45, 7) is 7.56. The fourth-order valence-electron chi connectivity index (χ4n) is 4.75. The third-order valence-electron chi connectivity index (χ3n) is 7.18. The van der Waals surface area contributed by atoms with Crippen molar-refractivity contribution in [3.05, 3.63) is 117 Å². The van der Waals surface area contributed by atoms with Crippen LogP contribution in [0.4, 0.5) is 5.69 Å². The van der Waals surface area contributed by atoms with Crippen LogP contribution in [0.25, 0.3) is 0 Å². The van der Waals surface area contributed by atoms with Crippen LogP contribution in [0.3, 0.4) is 0 Å². The molecule has 0 bridgehead atoms. The molecular formula is C33H34Cl2N6OS. The molecule has 4 rings (SSSR count). The second-order valence-corrected chi connectivity index (χ2v) is 11.7. The molecule has 3 aromatic carbocycles. The zero-order chi connectivity index (χ0) is 30.9. The number of carbonyl (C=O) groups excluding carboxylic acids is 1. The molecule has 0 radical (unpaired) electrons. The number of rotatable bonds is 11. The van der Waals surface area contributed by atoms with Gasteiger partial charge in [-0.3, -0.25) is 4.79 Å². The highest BCUT2D eigenvalue weighted by Crippen LogP contribution is 2.27. The van der Waals surface area contributed by atoms with Gasteiger partial charge in [-0.25, -0.2) is 4.98 Å². The van der Waals surface area contributed by atoms with Gasteiger partial charge in [-0.2, -0.15) is 5.26 Å². The predicted molar refractivity (Wildman–Crippen MR) is 177 cm³/mol. The highest BCUT2D eigenvalue weighted by molar-refractivity contribution is 7.80. The second kappa shape index (κ2) is 15.0. The Morgan fingerprint density at radius 3 is 2.60 bits per heavy atom. The van der Waals surface area contributed by atoms with Crippen LogP contribution in [0.1, 0.15) is 46.9 Å². The molecule has 0 saturated carbocycles. The Labute approximate surface area is 268 Å². The maximum absolute atomic E-state index is 13.3. The monoisotopic (exact) mass is 632 g/mol. The van der Waals surface area contributed by atoms with Crippen LogP contribution in [0.15, 0.2) is 73.2 Å². The molecule has 0 aliphatic carbocycles. The summed E-state index contributed by atoms with van der Waals surface area (Å²) < 4.78 is 1.94. The number of benzene rings is 3. The standard InChI is InChI=1S/C33H34Cl2N6OS/c1-4-27(38-31(42)15-28-17-37-21-41(28)18-25-11-9-24(16-36)10-12-25)20-40(19-26-6-5-7-29(34)32(26)35)33(43)39-30-13-8-22(2)14-23(30)3/h5-14,17,21,27H,4,15,18-20H2,1-3H3,(H,38,42)(H,39,43)/t27-/m0/s1. The Bertz CT molecular complexity index is 1630. The Morgan fingerprint density at radius 2 is 1.91 bits per heavy atom. The van der Waals surface area contributed by atoms with Crippen molar-refractivity contribution >= 4 is 52.1 Å². The Morgan fingerprint density at radius 1 is 1.14 bits per heavy atom. The lowest BCUT2D eigenvalue weighted by Crippen LogP contribution is -2.47. The summed E-state index contributed by atoms with van der Waals surface area (Å²) in [5.41, 5.74) is 6.44. The molecule has 0 fully saturated rings. The van der Waals surface area contributed by atoms with E-state index in [1.807, 2.05) is 59.7 Å². The smallest absolute Gasteiger partial charge is 0.226 e. The van der Waals surface area contributed by atoms with Crippen LogP contribution in [0.2, 0.25) is 10.0 Å². The molecule has 1 amide bonds. The van der Waals surface area contributed by atoms with E-state index < -0.39 is 0 Å². The number of imidazole rings is 1. The van der Waals surface area contributed by atoms with Gasteiger partial charge in [0.2, 0.25) is 5.91 Å². The summed E-state index contributed by atoms with van der Waals surface area (Å²) in [5.74, 6) is -0.109. The SMILES string of the molecule is CC[C@@H](CN(Cc1cccc(Cl)c1Cl)C(=S)Nc1ccc(C)cc1C)NC(=O)Cc1cncn1Cc1ccc(C#N)cc1. The molecule has 1 heterocycles. The van der Waals surface area contributed by atoms with Crippen molar-refractivity contribution in [1.82, 2.24) is 19.8 Å². The zero-order valence-corrected chi connectivity index (χ0v) is 26.7. The number of hydrogen-bond acceptors (Lipinski definition) is 4. The minimum absolute atomic E-state index is 0.109. The molecule has 43 heavy (non-hydrogen) atoms. The lowest BCUT2D eigenvalue weighted by Gasteiger charge is -2.31. The molecule has 1 aromatic heterocycles.